The Morgan fingerprint density at radius 2 is 1.78 bits per heavy atom. The van der Waals surface area contributed by atoms with Crippen molar-refractivity contribution in [3.8, 4) is 0 Å². The molecule has 3 rings (SSSR count). The zero-order chi connectivity index (χ0) is 19.7. The van der Waals surface area contributed by atoms with Crippen LogP contribution in [0.4, 0.5) is 0 Å². The van der Waals surface area contributed by atoms with Gasteiger partial charge in [-0.15, -0.1) is 0 Å². The number of rotatable bonds is 5. The van der Waals surface area contributed by atoms with Crippen LogP contribution in [0.15, 0.2) is 35.2 Å². The van der Waals surface area contributed by atoms with Gasteiger partial charge in [0.2, 0.25) is 0 Å². The molecule has 2 fully saturated rings. The maximum Gasteiger partial charge on any atom is 0.309 e. The van der Waals surface area contributed by atoms with E-state index in [4.69, 9.17) is 4.74 Å². The Kier molecular flexibility index (Phi) is 5.93. The van der Waals surface area contributed by atoms with Crippen LogP contribution in [0, 0.1) is 5.92 Å². The van der Waals surface area contributed by atoms with E-state index in [1.165, 1.54) is 12.1 Å². The Labute approximate surface area is 160 Å². The van der Waals surface area contributed by atoms with Gasteiger partial charge in [-0.1, -0.05) is 18.2 Å². The number of nitrogens with zero attached hydrogens (tertiary/aromatic N) is 1. The molecule has 2 aliphatic rings. The Bertz CT molecular complexity index is 874. The Morgan fingerprint density at radius 3 is 2.37 bits per heavy atom. The summed E-state index contributed by atoms with van der Waals surface area (Å²) >= 11 is 0. The van der Waals surface area contributed by atoms with Gasteiger partial charge in [0.05, 0.1) is 34.2 Å². The minimum absolute atomic E-state index is 0.151. The van der Waals surface area contributed by atoms with Crippen molar-refractivity contribution in [3.05, 3.63) is 30.3 Å². The van der Waals surface area contributed by atoms with Crippen LogP contribution in [0.3, 0.4) is 0 Å². The fourth-order valence-corrected chi connectivity index (χ4v) is 8.80. The van der Waals surface area contributed by atoms with Crippen molar-refractivity contribution in [1.29, 1.82) is 0 Å². The number of ether oxygens (including phenoxy) is 1. The van der Waals surface area contributed by atoms with E-state index in [1.807, 2.05) is 4.90 Å². The van der Waals surface area contributed by atoms with E-state index in [9.17, 15) is 21.6 Å². The van der Waals surface area contributed by atoms with E-state index in [-0.39, 0.29) is 28.3 Å². The molecule has 0 aliphatic carbocycles. The molecule has 2 saturated heterocycles. The van der Waals surface area contributed by atoms with Crippen molar-refractivity contribution >= 4 is 25.6 Å². The van der Waals surface area contributed by atoms with E-state index >= 15 is 0 Å². The number of benzene rings is 1. The highest BCUT2D eigenvalue weighted by Crippen LogP contribution is 2.31. The number of carbonyl (C=O) groups excluding carboxylic acids is 1. The average Bonchev–Trinajstić information content (AvgIpc) is 2.99. The molecule has 0 aromatic heterocycles. The highest BCUT2D eigenvalue weighted by Gasteiger charge is 2.48. The Hall–Kier alpha value is -1.45. The molecule has 0 bridgehead atoms. The first-order chi connectivity index (χ1) is 12.7. The molecule has 2 atom stereocenters. The lowest BCUT2D eigenvalue weighted by Crippen LogP contribution is -2.50. The van der Waals surface area contributed by atoms with E-state index < -0.39 is 31.0 Å². The minimum Gasteiger partial charge on any atom is -0.466 e. The third kappa shape index (κ3) is 4.35. The topological polar surface area (TPSA) is 97.8 Å². The zero-order valence-corrected chi connectivity index (χ0v) is 16.9. The molecule has 0 amide bonds. The van der Waals surface area contributed by atoms with Crippen LogP contribution in [0.25, 0.3) is 0 Å². The monoisotopic (exact) mass is 415 g/mol. The Morgan fingerprint density at radius 1 is 1.15 bits per heavy atom. The molecular formula is C18H25NO6S2. The molecule has 2 aliphatic heterocycles. The molecule has 150 valence electrons. The normalized spacial score (nSPS) is 26.7. The molecule has 2 heterocycles. The van der Waals surface area contributed by atoms with Gasteiger partial charge in [0.15, 0.2) is 19.7 Å². The SMILES string of the molecule is CCOC(=O)C1CCN([C@@H]2CS(=O)(=O)C[C@H]2S(=O)(=O)c2ccccc2)CC1. The second-order valence-electron chi connectivity index (χ2n) is 7.10. The van der Waals surface area contributed by atoms with Gasteiger partial charge >= 0.3 is 5.97 Å². The lowest BCUT2D eigenvalue weighted by Gasteiger charge is -2.36. The first-order valence-corrected chi connectivity index (χ1v) is 12.5. The maximum absolute atomic E-state index is 13.1. The predicted molar refractivity (Wildman–Crippen MR) is 101 cm³/mol. The van der Waals surface area contributed by atoms with Gasteiger partial charge in [0.25, 0.3) is 0 Å². The third-order valence-corrected chi connectivity index (χ3v) is 9.50. The zero-order valence-electron chi connectivity index (χ0n) is 15.3. The molecule has 0 unspecified atom stereocenters. The van der Waals surface area contributed by atoms with Crippen molar-refractivity contribution < 1.29 is 26.4 Å². The van der Waals surface area contributed by atoms with Gasteiger partial charge < -0.3 is 4.74 Å². The van der Waals surface area contributed by atoms with Crippen LogP contribution < -0.4 is 0 Å². The van der Waals surface area contributed by atoms with E-state index in [0.717, 1.165) is 0 Å². The van der Waals surface area contributed by atoms with E-state index in [0.29, 0.717) is 32.5 Å². The van der Waals surface area contributed by atoms with Gasteiger partial charge in [-0.3, -0.25) is 9.69 Å². The molecule has 7 nitrogen and oxygen atoms in total. The summed E-state index contributed by atoms with van der Waals surface area (Å²) < 4.78 is 55.7. The quantitative estimate of drug-likeness (QED) is 0.659. The van der Waals surface area contributed by atoms with Crippen molar-refractivity contribution in [2.45, 2.75) is 36.0 Å². The van der Waals surface area contributed by atoms with Gasteiger partial charge in [0, 0.05) is 6.04 Å². The molecule has 1 aromatic rings. The number of sulfone groups is 2. The number of esters is 1. The number of carbonyl (C=O) groups is 1. The van der Waals surface area contributed by atoms with Gasteiger partial charge in [-0.05, 0) is 45.0 Å². The van der Waals surface area contributed by atoms with Gasteiger partial charge in [-0.2, -0.15) is 0 Å². The van der Waals surface area contributed by atoms with E-state index in [1.54, 1.807) is 25.1 Å². The van der Waals surface area contributed by atoms with Gasteiger partial charge in [0.1, 0.15) is 0 Å². The summed E-state index contributed by atoms with van der Waals surface area (Å²) in [6.45, 7) is 3.07. The lowest BCUT2D eigenvalue weighted by molar-refractivity contribution is -0.149. The number of piperidine rings is 1. The second kappa shape index (κ2) is 7.89. The van der Waals surface area contributed by atoms with Crippen LogP contribution in [-0.2, 0) is 29.2 Å². The second-order valence-corrected chi connectivity index (χ2v) is 11.4. The third-order valence-electron chi connectivity index (χ3n) is 5.36. The van der Waals surface area contributed by atoms with Crippen LogP contribution in [-0.4, -0.2) is 70.2 Å². The van der Waals surface area contributed by atoms with Gasteiger partial charge in [-0.25, -0.2) is 16.8 Å². The summed E-state index contributed by atoms with van der Waals surface area (Å²) in [7, 11) is -7.20. The number of likely N-dealkylation sites (tertiary alicyclic amines) is 1. The summed E-state index contributed by atoms with van der Waals surface area (Å²) in [6, 6.07) is 7.42. The molecule has 1 aromatic carbocycles. The van der Waals surface area contributed by atoms with Crippen LogP contribution in [0.1, 0.15) is 19.8 Å². The van der Waals surface area contributed by atoms with Crippen molar-refractivity contribution in [1.82, 2.24) is 4.90 Å². The predicted octanol–water partition coefficient (Wildman–Crippen LogP) is 0.901. The Balaban J connectivity index is 1.79. The fraction of sp³-hybridized carbons (Fsp3) is 0.611. The van der Waals surface area contributed by atoms with Crippen LogP contribution >= 0.6 is 0 Å². The highest BCUT2D eigenvalue weighted by molar-refractivity contribution is 7.96. The van der Waals surface area contributed by atoms with Crippen LogP contribution in [0.2, 0.25) is 0 Å². The average molecular weight is 416 g/mol. The first kappa shape index (κ1) is 20.3. The summed E-state index contributed by atoms with van der Waals surface area (Å²) in [5.74, 6) is -0.950. The van der Waals surface area contributed by atoms with E-state index in [2.05, 4.69) is 0 Å². The summed E-state index contributed by atoms with van der Waals surface area (Å²) in [5, 5.41) is -0.982. The van der Waals surface area contributed by atoms with Crippen LogP contribution in [0.5, 0.6) is 0 Å². The molecule has 27 heavy (non-hydrogen) atoms. The molecule has 0 N–H and O–H groups in total. The fourth-order valence-electron chi connectivity index (χ4n) is 3.95. The lowest BCUT2D eigenvalue weighted by atomic mass is 9.95. The highest BCUT2D eigenvalue weighted by atomic mass is 32.2. The van der Waals surface area contributed by atoms with Crippen molar-refractivity contribution in [3.63, 3.8) is 0 Å². The molecule has 0 spiro atoms. The molecule has 0 saturated carbocycles. The standard InChI is InChI=1S/C18H25NO6S2/c1-2-25-18(20)14-8-10-19(11-9-14)16-12-26(21,22)13-17(16)27(23,24)15-6-4-3-5-7-15/h3-7,14,16-17H,2,8-13H2,1H3/t16-,17-/m1/s1. The molecule has 0 radical (unpaired) electrons. The first-order valence-electron chi connectivity index (χ1n) is 9.14. The summed E-state index contributed by atoms with van der Waals surface area (Å²) in [6.07, 6.45) is 1.10. The maximum atomic E-state index is 13.1. The van der Waals surface area contributed by atoms with Crippen molar-refractivity contribution in [2.75, 3.05) is 31.2 Å². The molecule has 9 heteroatoms. The van der Waals surface area contributed by atoms with Crippen molar-refractivity contribution in [2.24, 2.45) is 5.92 Å². The smallest absolute Gasteiger partial charge is 0.309 e. The number of hydrogen-bond acceptors (Lipinski definition) is 7. The summed E-state index contributed by atoms with van der Waals surface area (Å²) in [4.78, 5) is 14.0. The summed E-state index contributed by atoms with van der Waals surface area (Å²) in [5.41, 5.74) is 0. The minimum atomic E-state index is -3.76. The largest absolute Gasteiger partial charge is 0.466 e. The number of hydrogen-bond donors (Lipinski definition) is 0. The molecular weight excluding hydrogens is 390 g/mol.